The number of aryl methyl sites for hydroxylation is 1. The van der Waals surface area contributed by atoms with E-state index < -0.39 is 0 Å². The Balaban J connectivity index is 1.89. The fourth-order valence-electron chi connectivity index (χ4n) is 1.45. The average Bonchev–Trinajstić information content (AvgIpc) is 2.85. The van der Waals surface area contributed by atoms with Crippen LogP contribution in [0.2, 0.25) is 0 Å². The number of nitrogens with zero attached hydrogens (tertiary/aromatic N) is 2. The molecule has 2 N–H and O–H groups in total. The van der Waals surface area contributed by atoms with Crippen molar-refractivity contribution in [2.24, 2.45) is 0 Å². The normalized spacial score (nSPS) is 10.6. The zero-order chi connectivity index (χ0) is 11.4. The first-order valence-corrected chi connectivity index (χ1v) is 5.20. The number of nitrogens with one attached hydrogen (secondary N) is 1. The smallest absolute Gasteiger partial charge is 0.123 e. The van der Waals surface area contributed by atoms with E-state index in [1.165, 1.54) is 0 Å². The summed E-state index contributed by atoms with van der Waals surface area (Å²) in [4.78, 5) is 0. The molecule has 0 saturated heterocycles. The highest BCUT2D eigenvalue weighted by Crippen LogP contribution is 2.10. The molecule has 0 aliphatic carbocycles. The Labute approximate surface area is 93.7 Å². The van der Waals surface area contributed by atoms with Crippen molar-refractivity contribution in [3.05, 3.63) is 36.0 Å². The predicted molar refractivity (Wildman–Crippen MR) is 60.1 cm³/mol. The molecule has 2 rings (SSSR count). The van der Waals surface area contributed by atoms with E-state index in [9.17, 15) is 0 Å². The van der Waals surface area contributed by atoms with Crippen LogP contribution < -0.4 is 5.32 Å². The molecule has 0 unspecified atom stereocenters. The Kier molecular flexibility index (Phi) is 3.26. The average molecular weight is 221 g/mol. The van der Waals surface area contributed by atoms with Crippen LogP contribution in [0.1, 0.15) is 11.5 Å². The zero-order valence-corrected chi connectivity index (χ0v) is 9.18. The molecule has 86 valence electrons. The molecule has 0 atom stereocenters. The number of aliphatic hydroxyl groups is 1. The Morgan fingerprint density at radius 1 is 1.50 bits per heavy atom. The maximum Gasteiger partial charge on any atom is 0.123 e. The third kappa shape index (κ3) is 2.64. The summed E-state index contributed by atoms with van der Waals surface area (Å²) < 4.78 is 7.12. The van der Waals surface area contributed by atoms with Gasteiger partial charge in [-0.05, 0) is 19.1 Å². The van der Waals surface area contributed by atoms with Crippen molar-refractivity contribution < 1.29 is 9.52 Å². The Morgan fingerprint density at radius 2 is 2.38 bits per heavy atom. The van der Waals surface area contributed by atoms with Gasteiger partial charge in [0.15, 0.2) is 0 Å². The van der Waals surface area contributed by atoms with Gasteiger partial charge in [-0.1, -0.05) is 0 Å². The van der Waals surface area contributed by atoms with Gasteiger partial charge in [0.25, 0.3) is 0 Å². The topological polar surface area (TPSA) is 63.2 Å². The highest BCUT2D eigenvalue weighted by atomic mass is 16.3. The third-order valence-electron chi connectivity index (χ3n) is 2.23. The lowest BCUT2D eigenvalue weighted by atomic mass is 10.4. The summed E-state index contributed by atoms with van der Waals surface area (Å²) in [6.07, 6.45) is 3.58. The van der Waals surface area contributed by atoms with Crippen molar-refractivity contribution in [2.45, 2.75) is 20.0 Å². The van der Waals surface area contributed by atoms with E-state index in [0.717, 1.165) is 17.2 Å². The molecule has 2 heterocycles. The minimum Gasteiger partial charge on any atom is -0.465 e. The molecule has 5 heteroatoms. The SMILES string of the molecule is Cc1ccc(CNc2cnn(CCO)c2)o1. The fraction of sp³-hybridized carbons (Fsp3) is 0.364. The molecule has 16 heavy (non-hydrogen) atoms. The molecule has 0 saturated carbocycles. The summed E-state index contributed by atoms with van der Waals surface area (Å²) in [5, 5.41) is 16.0. The first kappa shape index (κ1) is 10.8. The summed E-state index contributed by atoms with van der Waals surface area (Å²) >= 11 is 0. The van der Waals surface area contributed by atoms with Gasteiger partial charge >= 0.3 is 0 Å². The summed E-state index contributed by atoms with van der Waals surface area (Å²) in [6, 6.07) is 3.88. The first-order chi connectivity index (χ1) is 7.78. The van der Waals surface area contributed by atoms with Crippen molar-refractivity contribution in [3.63, 3.8) is 0 Å². The van der Waals surface area contributed by atoms with Crippen LogP contribution in [-0.4, -0.2) is 21.5 Å². The molecular weight excluding hydrogens is 206 g/mol. The number of rotatable bonds is 5. The molecule has 2 aromatic heterocycles. The van der Waals surface area contributed by atoms with E-state index in [1.807, 2.05) is 25.3 Å². The van der Waals surface area contributed by atoms with E-state index in [4.69, 9.17) is 9.52 Å². The predicted octanol–water partition coefficient (Wildman–Crippen LogP) is 1.39. The van der Waals surface area contributed by atoms with Gasteiger partial charge in [0.1, 0.15) is 11.5 Å². The molecule has 0 fully saturated rings. The minimum atomic E-state index is 0.0957. The molecule has 0 aromatic carbocycles. The Bertz CT molecular complexity index is 448. The van der Waals surface area contributed by atoms with E-state index in [-0.39, 0.29) is 6.61 Å². The van der Waals surface area contributed by atoms with Gasteiger partial charge in [-0.3, -0.25) is 4.68 Å². The van der Waals surface area contributed by atoms with Crippen LogP contribution in [0.3, 0.4) is 0 Å². The number of furan rings is 1. The van der Waals surface area contributed by atoms with Crippen molar-refractivity contribution in [1.82, 2.24) is 9.78 Å². The van der Waals surface area contributed by atoms with Crippen LogP contribution in [0.5, 0.6) is 0 Å². The van der Waals surface area contributed by atoms with Crippen molar-refractivity contribution in [1.29, 1.82) is 0 Å². The van der Waals surface area contributed by atoms with Gasteiger partial charge in [0, 0.05) is 6.20 Å². The molecule has 2 aromatic rings. The Hall–Kier alpha value is -1.75. The van der Waals surface area contributed by atoms with Gasteiger partial charge in [0.2, 0.25) is 0 Å². The van der Waals surface area contributed by atoms with Gasteiger partial charge in [-0.15, -0.1) is 0 Å². The van der Waals surface area contributed by atoms with Gasteiger partial charge in [0.05, 0.1) is 31.6 Å². The highest BCUT2D eigenvalue weighted by Gasteiger charge is 2.00. The molecule has 0 aliphatic heterocycles. The lowest BCUT2D eigenvalue weighted by Gasteiger charge is -1.99. The summed E-state index contributed by atoms with van der Waals surface area (Å²) in [6.45, 7) is 3.17. The number of aromatic nitrogens is 2. The Morgan fingerprint density at radius 3 is 3.06 bits per heavy atom. The van der Waals surface area contributed by atoms with Gasteiger partial charge < -0.3 is 14.8 Å². The second-order valence-electron chi connectivity index (χ2n) is 3.58. The number of anilines is 1. The van der Waals surface area contributed by atoms with Crippen molar-refractivity contribution in [3.8, 4) is 0 Å². The lowest BCUT2D eigenvalue weighted by Crippen LogP contribution is -2.02. The van der Waals surface area contributed by atoms with E-state index in [2.05, 4.69) is 10.4 Å². The zero-order valence-electron chi connectivity index (χ0n) is 9.18. The van der Waals surface area contributed by atoms with Crippen LogP contribution in [0.4, 0.5) is 5.69 Å². The summed E-state index contributed by atoms with van der Waals surface area (Å²) in [5.41, 5.74) is 0.919. The number of aliphatic hydroxyl groups excluding tert-OH is 1. The maximum atomic E-state index is 8.74. The van der Waals surface area contributed by atoms with Crippen LogP contribution >= 0.6 is 0 Å². The van der Waals surface area contributed by atoms with Crippen LogP contribution in [0.25, 0.3) is 0 Å². The summed E-state index contributed by atoms with van der Waals surface area (Å²) in [5.74, 6) is 1.81. The standard InChI is InChI=1S/C11H15N3O2/c1-9-2-3-11(16-9)7-12-10-6-13-14(8-10)4-5-15/h2-3,6,8,12,15H,4-5,7H2,1H3. The van der Waals surface area contributed by atoms with Crippen LogP contribution in [-0.2, 0) is 13.1 Å². The van der Waals surface area contributed by atoms with Crippen LogP contribution in [0, 0.1) is 6.92 Å². The minimum absolute atomic E-state index is 0.0957. The van der Waals surface area contributed by atoms with Gasteiger partial charge in [-0.2, -0.15) is 5.10 Å². The fourth-order valence-corrected chi connectivity index (χ4v) is 1.45. The maximum absolute atomic E-state index is 8.74. The largest absolute Gasteiger partial charge is 0.465 e. The van der Waals surface area contributed by atoms with Gasteiger partial charge in [-0.25, -0.2) is 0 Å². The third-order valence-corrected chi connectivity index (χ3v) is 2.23. The van der Waals surface area contributed by atoms with E-state index >= 15 is 0 Å². The molecule has 0 aliphatic rings. The quantitative estimate of drug-likeness (QED) is 0.800. The lowest BCUT2D eigenvalue weighted by molar-refractivity contribution is 0.269. The second-order valence-corrected chi connectivity index (χ2v) is 3.58. The summed E-state index contributed by atoms with van der Waals surface area (Å²) in [7, 11) is 0. The molecule has 5 nitrogen and oxygen atoms in total. The molecule has 0 bridgehead atoms. The van der Waals surface area contributed by atoms with E-state index in [1.54, 1.807) is 10.9 Å². The van der Waals surface area contributed by atoms with Crippen LogP contribution in [0.15, 0.2) is 28.9 Å². The molecular formula is C11H15N3O2. The second kappa shape index (κ2) is 4.85. The monoisotopic (exact) mass is 221 g/mol. The molecule has 0 amide bonds. The first-order valence-electron chi connectivity index (χ1n) is 5.20. The van der Waals surface area contributed by atoms with Crippen molar-refractivity contribution in [2.75, 3.05) is 11.9 Å². The van der Waals surface area contributed by atoms with E-state index in [0.29, 0.717) is 13.1 Å². The number of hydrogen-bond acceptors (Lipinski definition) is 4. The van der Waals surface area contributed by atoms with Crippen molar-refractivity contribution >= 4 is 5.69 Å². The number of hydrogen-bond donors (Lipinski definition) is 2. The highest BCUT2D eigenvalue weighted by molar-refractivity contribution is 5.38. The molecule has 0 radical (unpaired) electrons. The molecule has 0 spiro atoms.